The number of hydrogen-bond donors (Lipinski definition) is 1. The van der Waals surface area contributed by atoms with E-state index in [1.54, 1.807) is 12.4 Å². The third-order valence-corrected chi connectivity index (χ3v) is 5.03. The molecule has 0 spiro atoms. The average Bonchev–Trinajstić information content (AvgIpc) is 2.80. The van der Waals surface area contributed by atoms with Crippen LogP contribution < -0.4 is 10.1 Å². The van der Waals surface area contributed by atoms with Gasteiger partial charge in [-0.3, -0.25) is 9.78 Å². The number of ether oxygens (including phenoxy) is 2. The molecule has 1 saturated heterocycles. The molecule has 0 saturated carbocycles. The first-order valence-corrected chi connectivity index (χ1v) is 11.0. The summed E-state index contributed by atoms with van der Waals surface area (Å²) in [6, 6.07) is 3.56. The zero-order chi connectivity index (χ0) is 22.5. The van der Waals surface area contributed by atoms with Gasteiger partial charge in [-0.2, -0.15) is 0 Å². The van der Waals surface area contributed by atoms with E-state index in [4.69, 9.17) is 21.1 Å². The van der Waals surface area contributed by atoms with Gasteiger partial charge in [0.2, 0.25) is 0 Å². The maximum absolute atomic E-state index is 13.3. The molecule has 2 heterocycles. The van der Waals surface area contributed by atoms with Gasteiger partial charge in [-0.15, -0.1) is 0 Å². The Bertz CT molecular complexity index is 819. The topological polar surface area (TPSA) is 63.7 Å². The number of nitrogens with one attached hydrogen (secondary N) is 1. The number of pyridine rings is 1. The number of nitrogens with zero attached hydrogens (tertiary/aromatic N) is 2. The first kappa shape index (κ1) is 24.7. The lowest BCUT2D eigenvalue weighted by atomic mass is 10.2. The van der Waals surface area contributed by atoms with Gasteiger partial charge in [0.05, 0.1) is 12.2 Å². The summed E-state index contributed by atoms with van der Waals surface area (Å²) < 4.78 is 11.8. The van der Waals surface area contributed by atoms with E-state index in [2.05, 4.69) is 10.3 Å². The van der Waals surface area contributed by atoms with Crippen molar-refractivity contribution < 1.29 is 14.3 Å². The molecule has 31 heavy (non-hydrogen) atoms. The Balaban J connectivity index is 2.10. The van der Waals surface area contributed by atoms with Crippen LogP contribution in [0.1, 0.15) is 27.2 Å². The smallest absolute Gasteiger partial charge is 0.289 e. The molecule has 6 nitrogen and oxygen atoms in total. The fourth-order valence-corrected chi connectivity index (χ4v) is 3.39. The predicted molar refractivity (Wildman–Crippen MR) is 125 cm³/mol. The molecule has 1 fully saturated rings. The van der Waals surface area contributed by atoms with Crippen LogP contribution in [0.3, 0.4) is 0 Å². The lowest BCUT2D eigenvalue weighted by molar-refractivity contribution is -0.134. The van der Waals surface area contributed by atoms with Gasteiger partial charge in [0.15, 0.2) is 5.76 Å². The largest absolute Gasteiger partial charge is 0.490 e. The van der Waals surface area contributed by atoms with Gasteiger partial charge < -0.3 is 19.7 Å². The maximum atomic E-state index is 13.3. The lowest BCUT2D eigenvalue weighted by Crippen LogP contribution is -2.56. The number of aromatic nitrogens is 1. The molecule has 0 radical (unpaired) electrons. The van der Waals surface area contributed by atoms with Gasteiger partial charge in [-0.05, 0) is 44.6 Å². The van der Waals surface area contributed by atoms with E-state index in [0.717, 1.165) is 12.1 Å². The Morgan fingerprint density at radius 3 is 2.84 bits per heavy atom. The van der Waals surface area contributed by atoms with E-state index in [9.17, 15) is 4.79 Å². The van der Waals surface area contributed by atoms with E-state index in [-0.39, 0.29) is 18.6 Å². The summed E-state index contributed by atoms with van der Waals surface area (Å²) in [6.45, 7) is 8.36. The second kappa shape index (κ2) is 13.7. The van der Waals surface area contributed by atoms with Gasteiger partial charge in [0, 0.05) is 36.4 Å². The van der Waals surface area contributed by atoms with Crippen molar-refractivity contribution >= 4 is 17.5 Å². The summed E-state index contributed by atoms with van der Waals surface area (Å²) in [5.41, 5.74) is 0.814. The first-order chi connectivity index (χ1) is 15.1. The molecule has 7 heteroatoms. The highest BCUT2D eigenvalue weighted by molar-refractivity contribution is 6.31. The molecular formula is C24H32ClN3O3. The Hall–Kier alpha value is -2.57. The average molecular weight is 446 g/mol. The minimum Gasteiger partial charge on any atom is -0.490 e. The molecule has 1 atom stereocenters. The number of piperazine rings is 1. The summed E-state index contributed by atoms with van der Waals surface area (Å²) in [4.78, 5) is 19.2. The van der Waals surface area contributed by atoms with Crippen molar-refractivity contribution in [3.63, 3.8) is 0 Å². The number of rotatable bonds is 10. The van der Waals surface area contributed by atoms with Crippen LogP contribution in [0.2, 0.25) is 0 Å². The van der Waals surface area contributed by atoms with Crippen molar-refractivity contribution in [2.45, 2.75) is 33.2 Å². The van der Waals surface area contributed by atoms with Crippen molar-refractivity contribution in [1.82, 2.24) is 15.2 Å². The Morgan fingerprint density at radius 1 is 1.35 bits per heavy atom. The van der Waals surface area contributed by atoms with E-state index < -0.39 is 0 Å². The number of carbonyl (C=O) groups excluding carboxylic acids is 1. The summed E-state index contributed by atoms with van der Waals surface area (Å²) in [7, 11) is 0. The second-order valence-electron chi connectivity index (χ2n) is 6.99. The molecule has 1 aromatic heterocycles. The summed E-state index contributed by atoms with van der Waals surface area (Å²) in [5, 5.41) is 3.92. The van der Waals surface area contributed by atoms with Gasteiger partial charge in [0.25, 0.3) is 5.91 Å². The molecule has 1 aliphatic rings. The number of halogens is 1. The fraction of sp³-hybridized carbons (Fsp3) is 0.417. The minimum atomic E-state index is -0.134. The molecule has 0 aliphatic carbocycles. The predicted octanol–water partition coefficient (Wildman–Crippen LogP) is 4.22. The number of allylic oxidation sites excluding steroid dienone is 5. The third kappa shape index (κ3) is 7.89. The molecule has 1 N–H and O–H groups in total. The molecule has 0 aromatic carbocycles. The maximum Gasteiger partial charge on any atom is 0.289 e. The number of carbonyl (C=O) groups is 1. The molecule has 2 rings (SSSR count). The van der Waals surface area contributed by atoms with Crippen molar-refractivity contribution in [2.75, 3.05) is 32.8 Å². The van der Waals surface area contributed by atoms with Crippen LogP contribution in [0.5, 0.6) is 5.75 Å². The zero-order valence-electron chi connectivity index (χ0n) is 18.5. The lowest BCUT2D eigenvalue weighted by Gasteiger charge is -2.36. The van der Waals surface area contributed by atoms with Crippen LogP contribution in [-0.2, 0) is 9.53 Å². The van der Waals surface area contributed by atoms with Crippen molar-refractivity contribution in [3.8, 4) is 5.75 Å². The van der Waals surface area contributed by atoms with Crippen LogP contribution in [0.4, 0.5) is 0 Å². The van der Waals surface area contributed by atoms with E-state index >= 15 is 0 Å². The third-order valence-electron chi connectivity index (χ3n) is 4.66. The highest BCUT2D eigenvalue weighted by Crippen LogP contribution is 2.18. The molecule has 1 aliphatic heterocycles. The highest BCUT2D eigenvalue weighted by Gasteiger charge is 2.30. The quantitative estimate of drug-likeness (QED) is 0.332. The highest BCUT2D eigenvalue weighted by atomic mass is 35.5. The summed E-state index contributed by atoms with van der Waals surface area (Å²) >= 11 is 6.35. The van der Waals surface area contributed by atoms with E-state index in [1.807, 2.05) is 68.2 Å². The monoisotopic (exact) mass is 445 g/mol. The molecule has 0 bridgehead atoms. The Kier molecular flexibility index (Phi) is 10.9. The van der Waals surface area contributed by atoms with E-state index in [0.29, 0.717) is 42.7 Å². The summed E-state index contributed by atoms with van der Waals surface area (Å²) in [5.74, 6) is 0.883. The van der Waals surface area contributed by atoms with Gasteiger partial charge in [0.1, 0.15) is 19.0 Å². The Labute approximate surface area is 190 Å². The first-order valence-electron chi connectivity index (χ1n) is 10.6. The molecule has 168 valence electrons. The van der Waals surface area contributed by atoms with Gasteiger partial charge in [-0.25, -0.2) is 0 Å². The van der Waals surface area contributed by atoms with Crippen LogP contribution in [0, 0.1) is 0 Å². The summed E-state index contributed by atoms with van der Waals surface area (Å²) in [6.07, 6.45) is 13.3. The van der Waals surface area contributed by atoms with Crippen molar-refractivity contribution in [1.29, 1.82) is 0 Å². The Morgan fingerprint density at radius 2 is 2.16 bits per heavy atom. The van der Waals surface area contributed by atoms with Crippen LogP contribution in [-0.4, -0.2) is 54.7 Å². The zero-order valence-corrected chi connectivity index (χ0v) is 19.3. The SMILES string of the molecule is C\C=C/C(Cl)=C(\C=C/C)CO/C(=C\CC)C(=O)N1CCNCC1COc1cccnc1. The van der Waals surface area contributed by atoms with Crippen LogP contribution in [0.25, 0.3) is 0 Å². The number of hydrogen-bond acceptors (Lipinski definition) is 5. The minimum absolute atomic E-state index is 0.109. The van der Waals surface area contributed by atoms with E-state index in [1.165, 1.54) is 0 Å². The normalized spacial score (nSPS) is 18.4. The molecular weight excluding hydrogens is 414 g/mol. The van der Waals surface area contributed by atoms with Crippen molar-refractivity contribution in [3.05, 3.63) is 71.3 Å². The molecule has 1 amide bonds. The van der Waals surface area contributed by atoms with Crippen molar-refractivity contribution in [2.24, 2.45) is 0 Å². The van der Waals surface area contributed by atoms with Crippen LogP contribution in [0.15, 0.2) is 71.3 Å². The van der Waals surface area contributed by atoms with Crippen LogP contribution >= 0.6 is 11.6 Å². The number of amides is 1. The standard InChI is InChI=1S/C24H32ClN3O3/c1-4-8-19(22(25)9-5-2)17-31-23(10-6-3)24(29)28-14-13-27-15-20(28)18-30-21-11-7-12-26-16-21/h4-5,7-12,16,20,27H,6,13-15,17-18H2,1-3H3/b8-4-,9-5-,22-19-,23-10-. The van der Waals surface area contributed by atoms with Gasteiger partial charge in [-0.1, -0.05) is 36.8 Å². The van der Waals surface area contributed by atoms with Gasteiger partial charge >= 0.3 is 0 Å². The molecule has 1 aromatic rings. The molecule has 1 unspecified atom stereocenters. The second-order valence-corrected chi connectivity index (χ2v) is 7.40. The fourth-order valence-electron chi connectivity index (χ4n) is 3.14.